The van der Waals surface area contributed by atoms with Crippen molar-refractivity contribution in [3.63, 3.8) is 0 Å². The number of phenols is 1. The zero-order chi connectivity index (χ0) is 17.7. The molecule has 3 N–H and O–H groups in total. The zero-order valence-electron chi connectivity index (χ0n) is 14.4. The van der Waals surface area contributed by atoms with Gasteiger partial charge in [0.1, 0.15) is 5.75 Å². The van der Waals surface area contributed by atoms with E-state index in [2.05, 4.69) is 5.32 Å². The Balaban J connectivity index is 1.96. The van der Waals surface area contributed by atoms with Crippen LogP contribution in [-0.2, 0) is 6.42 Å². The number of aromatic hydroxyl groups is 1. The van der Waals surface area contributed by atoms with Gasteiger partial charge in [-0.1, -0.05) is 24.3 Å². The first-order valence-corrected chi connectivity index (χ1v) is 8.16. The Labute approximate surface area is 143 Å². The summed E-state index contributed by atoms with van der Waals surface area (Å²) in [6.07, 6.45) is 1.45. The molecule has 0 heterocycles. The van der Waals surface area contributed by atoms with Gasteiger partial charge in [0.15, 0.2) is 0 Å². The first kappa shape index (κ1) is 18.0. The Morgan fingerprint density at radius 3 is 2.21 bits per heavy atom. The molecule has 0 saturated carbocycles. The van der Waals surface area contributed by atoms with Crippen molar-refractivity contribution in [1.29, 1.82) is 0 Å². The van der Waals surface area contributed by atoms with Crippen molar-refractivity contribution in [1.82, 2.24) is 5.32 Å². The molecule has 128 valence electrons. The van der Waals surface area contributed by atoms with E-state index in [1.807, 2.05) is 19.1 Å². The molecule has 2 aromatic carbocycles. The lowest BCUT2D eigenvalue weighted by Gasteiger charge is -2.17. The standard InChI is InChI=1S/C20H25NO3/c1-14(16-8-10-18(22)11-9-16)21-19(23)17-6-4-15(5-7-17)12-13-20(2,3)24/h4-11,14,22,24H,12-13H2,1-3H3,(H,21,23)/t14-/m0/s1. The Hall–Kier alpha value is -2.33. The third kappa shape index (κ3) is 5.39. The number of carbonyl (C=O) groups is 1. The highest BCUT2D eigenvalue weighted by atomic mass is 16.3. The predicted molar refractivity (Wildman–Crippen MR) is 95.0 cm³/mol. The normalized spacial score (nSPS) is 12.7. The van der Waals surface area contributed by atoms with Gasteiger partial charge in [-0.05, 0) is 69.0 Å². The van der Waals surface area contributed by atoms with Crippen LogP contribution in [0.4, 0.5) is 0 Å². The zero-order valence-corrected chi connectivity index (χ0v) is 14.4. The molecule has 0 aliphatic carbocycles. The minimum Gasteiger partial charge on any atom is -0.508 e. The van der Waals surface area contributed by atoms with Crippen LogP contribution >= 0.6 is 0 Å². The minimum atomic E-state index is -0.685. The Kier molecular flexibility index (Phi) is 5.62. The highest BCUT2D eigenvalue weighted by Crippen LogP contribution is 2.18. The second kappa shape index (κ2) is 7.49. The number of rotatable bonds is 6. The summed E-state index contributed by atoms with van der Waals surface area (Å²) in [4.78, 5) is 12.3. The van der Waals surface area contributed by atoms with Crippen molar-refractivity contribution in [3.05, 3.63) is 65.2 Å². The molecule has 0 fully saturated rings. The van der Waals surface area contributed by atoms with Crippen molar-refractivity contribution in [2.75, 3.05) is 0 Å². The Morgan fingerprint density at radius 1 is 1.08 bits per heavy atom. The molecule has 0 saturated heterocycles. The summed E-state index contributed by atoms with van der Waals surface area (Å²) in [6.45, 7) is 5.49. The monoisotopic (exact) mass is 327 g/mol. The average Bonchev–Trinajstić information content (AvgIpc) is 2.53. The van der Waals surface area contributed by atoms with E-state index in [1.165, 1.54) is 0 Å². The summed E-state index contributed by atoms with van der Waals surface area (Å²) < 4.78 is 0. The van der Waals surface area contributed by atoms with Crippen LogP contribution < -0.4 is 5.32 Å². The summed E-state index contributed by atoms with van der Waals surface area (Å²) in [5, 5.41) is 22.0. The van der Waals surface area contributed by atoms with Gasteiger partial charge in [0.2, 0.25) is 0 Å². The number of hydrogen-bond donors (Lipinski definition) is 3. The van der Waals surface area contributed by atoms with Crippen molar-refractivity contribution in [2.24, 2.45) is 0 Å². The third-order valence-electron chi connectivity index (χ3n) is 3.98. The van der Waals surface area contributed by atoms with Gasteiger partial charge in [0.25, 0.3) is 5.91 Å². The number of aliphatic hydroxyl groups is 1. The van der Waals surface area contributed by atoms with Gasteiger partial charge in [0.05, 0.1) is 11.6 Å². The number of aryl methyl sites for hydroxylation is 1. The highest BCUT2D eigenvalue weighted by Gasteiger charge is 2.14. The molecule has 4 heteroatoms. The summed E-state index contributed by atoms with van der Waals surface area (Å²) in [5.74, 6) is 0.0727. The van der Waals surface area contributed by atoms with Crippen LogP contribution in [0.15, 0.2) is 48.5 Å². The molecule has 1 atom stereocenters. The molecule has 0 aromatic heterocycles. The number of carbonyl (C=O) groups excluding carboxylic acids is 1. The van der Waals surface area contributed by atoms with Gasteiger partial charge in [0, 0.05) is 5.56 Å². The molecule has 0 aliphatic heterocycles. The molecule has 1 amide bonds. The van der Waals surface area contributed by atoms with Crippen LogP contribution in [0.2, 0.25) is 0 Å². The molecular formula is C20H25NO3. The van der Waals surface area contributed by atoms with Crippen molar-refractivity contribution in [3.8, 4) is 5.75 Å². The van der Waals surface area contributed by atoms with E-state index in [1.54, 1.807) is 50.2 Å². The van der Waals surface area contributed by atoms with E-state index in [0.717, 1.165) is 17.5 Å². The molecule has 0 radical (unpaired) electrons. The predicted octanol–water partition coefficient (Wildman–Crippen LogP) is 3.59. The van der Waals surface area contributed by atoms with Crippen molar-refractivity contribution < 1.29 is 15.0 Å². The van der Waals surface area contributed by atoms with Crippen molar-refractivity contribution >= 4 is 5.91 Å². The highest BCUT2D eigenvalue weighted by molar-refractivity contribution is 5.94. The maximum Gasteiger partial charge on any atom is 0.251 e. The van der Waals surface area contributed by atoms with Crippen LogP contribution in [-0.4, -0.2) is 21.7 Å². The second-order valence-electron chi connectivity index (χ2n) is 6.80. The van der Waals surface area contributed by atoms with E-state index in [9.17, 15) is 15.0 Å². The minimum absolute atomic E-state index is 0.135. The van der Waals surface area contributed by atoms with Crippen molar-refractivity contribution in [2.45, 2.75) is 45.3 Å². The third-order valence-corrected chi connectivity index (χ3v) is 3.98. The molecule has 4 nitrogen and oxygen atoms in total. The van der Waals surface area contributed by atoms with E-state index < -0.39 is 5.60 Å². The number of phenolic OH excluding ortho intramolecular Hbond substituents is 1. The molecule has 0 aliphatic rings. The van der Waals surface area contributed by atoms with Gasteiger partial charge in [-0.15, -0.1) is 0 Å². The Bertz CT molecular complexity index is 670. The van der Waals surface area contributed by atoms with E-state index in [-0.39, 0.29) is 17.7 Å². The van der Waals surface area contributed by atoms with Crippen LogP contribution in [0.25, 0.3) is 0 Å². The summed E-state index contributed by atoms with van der Waals surface area (Å²) in [6, 6.07) is 14.1. The van der Waals surface area contributed by atoms with Crippen LogP contribution in [0.5, 0.6) is 5.75 Å². The molecule has 0 spiro atoms. The molecule has 2 rings (SSSR count). The van der Waals surface area contributed by atoms with Gasteiger partial charge in [-0.3, -0.25) is 4.79 Å². The molecule has 2 aromatic rings. The van der Waals surface area contributed by atoms with E-state index in [4.69, 9.17) is 0 Å². The van der Waals surface area contributed by atoms with Crippen LogP contribution in [0, 0.1) is 0 Å². The number of nitrogens with one attached hydrogen (secondary N) is 1. The summed E-state index contributed by atoms with van der Waals surface area (Å²) in [7, 11) is 0. The van der Waals surface area contributed by atoms with Gasteiger partial charge < -0.3 is 15.5 Å². The second-order valence-corrected chi connectivity index (χ2v) is 6.80. The smallest absolute Gasteiger partial charge is 0.251 e. The number of hydrogen-bond acceptors (Lipinski definition) is 3. The molecule has 0 bridgehead atoms. The van der Waals surface area contributed by atoms with E-state index >= 15 is 0 Å². The van der Waals surface area contributed by atoms with Gasteiger partial charge in [-0.2, -0.15) is 0 Å². The van der Waals surface area contributed by atoms with Crippen LogP contribution in [0.3, 0.4) is 0 Å². The fourth-order valence-electron chi connectivity index (χ4n) is 2.40. The fourth-order valence-corrected chi connectivity index (χ4v) is 2.40. The SMILES string of the molecule is C[C@H](NC(=O)c1ccc(CCC(C)(C)O)cc1)c1ccc(O)cc1. The lowest BCUT2D eigenvalue weighted by molar-refractivity contribution is 0.0713. The average molecular weight is 327 g/mol. The summed E-state index contributed by atoms with van der Waals surface area (Å²) in [5.41, 5.74) is 1.95. The maximum absolute atomic E-state index is 12.3. The maximum atomic E-state index is 12.3. The quantitative estimate of drug-likeness (QED) is 0.759. The molecule has 0 unspecified atom stereocenters. The summed E-state index contributed by atoms with van der Waals surface area (Å²) >= 11 is 0. The number of benzene rings is 2. The van der Waals surface area contributed by atoms with Gasteiger partial charge in [-0.25, -0.2) is 0 Å². The number of amides is 1. The largest absolute Gasteiger partial charge is 0.508 e. The van der Waals surface area contributed by atoms with Gasteiger partial charge >= 0.3 is 0 Å². The lowest BCUT2D eigenvalue weighted by Crippen LogP contribution is -2.26. The first-order chi connectivity index (χ1) is 11.2. The Morgan fingerprint density at radius 2 is 1.67 bits per heavy atom. The molecular weight excluding hydrogens is 302 g/mol. The first-order valence-electron chi connectivity index (χ1n) is 8.16. The topological polar surface area (TPSA) is 69.6 Å². The van der Waals surface area contributed by atoms with Crippen LogP contribution in [0.1, 0.15) is 54.7 Å². The lowest BCUT2D eigenvalue weighted by atomic mass is 9.98. The molecule has 24 heavy (non-hydrogen) atoms. The fraction of sp³-hybridized carbons (Fsp3) is 0.350. The van der Waals surface area contributed by atoms with E-state index in [0.29, 0.717) is 12.0 Å².